The number of amides is 1. The van der Waals surface area contributed by atoms with Gasteiger partial charge in [0.2, 0.25) is 5.91 Å². The molecule has 0 radical (unpaired) electrons. The Labute approximate surface area is 140 Å². The lowest BCUT2D eigenvalue weighted by atomic mass is 10.1. The quantitative estimate of drug-likeness (QED) is 0.786. The van der Waals surface area contributed by atoms with Gasteiger partial charge in [0.15, 0.2) is 0 Å². The van der Waals surface area contributed by atoms with E-state index in [0.29, 0.717) is 19.1 Å². The second kappa shape index (κ2) is 8.92. The van der Waals surface area contributed by atoms with E-state index in [0.717, 1.165) is 50.1 Å². The Morgan fingerprint density at radius 2 is 2.00 bits per heavy atom. The van der Waals surface area contributed by atoms with Gasteiger partial charge in [-0.1, -0.05) is 12.1 Å². The molecule has 0 unspecified atom stereocenters. The summed E-state index contributed by atoms with van der Waals surface area (Å²) >= 11 is 0. The number of unbranched alkanes of at least 4 members (excludes halogenated alkanes) is 1. The zero-order valence-corrected chi connectivity index (χ0v) is 14.7. The van der Waals surface area contributed by atoms with Gasteiger partial charge in [0.25, 0.3) is 0 Å². The highest BCUT2D eigenvalue weighted by Crippen LogP contribution is 2.19. The Morgan fingerprint density at radius 3 is 2.74 bits per heavy atom. The van der Waals surface area contributed by atoms with Gasteiger partial charge in [0, 0.05) is 12.5 Å². The van der Waals surface area contributed by atoms with Crippen molar-refractivity contribution in [2.75, 3.05) is 26.7 Å². The summed E-state index contributed by atoms with van der Waals surface area (Å²) in [6.45, 7) is 6.96. The average molecular weight is 318 g/mol. The van der Waals surface area contributed by atoms with E-state index in [9.17, 15) is 4.79 Å². The second-order valence-corrected chi connectivity index (χ2v) is 6.72. The zero-order chi connectivity index (χ0) is 16.7. The van der Waals surface area contributed by atoms with Crippen LogP contribution in [0.5, 0.6) is 5.75 Å². The van der Waals surface area contributed by atoms with Crippen molar-refractivity contribution in [3.05, 3.63) is 29.3 Å². The van der Waals surface area contributed by atoms with Crippen molar-refractivity contribution < 1.29 is 9.53 Å². The SMILES string of the molecule is Cc1ccc(C)c(OCCCCC(=O)NC2CCN(C)CC2)c1. The topological polar surface area (TPSA) is 41.6 Å². The summed E-state index contributed by atoms with van der Waals surface area (Å²) < 4.78 is 5.82. The lowest BCUT2D eigenvalue weighted by molar-refractivity contribution is -0.122. The number of benzene rings is 1. The van der Waals surface area contributed by atoms with Crippen molar-refractivity contribution in [1.82, 2.24) is 10.2 Å². The molecule has 0 aliphatic carbocycles. The molecule has 128 valence electrons. The van der Waals surface area contributed by atoms with Gasteiger partial charge in [-0.25, -0.2) is 0 Å². The number of aryl methyl sites for hydroxylation is 2. The Kier molecular flexibility index (Phi) is 6.90. The molecule has 2 rings (SSSR count). The molecule has 1 aliphatic rings. The molecule has 1 aliphatic heterocycles. The van der Waals surface area contributed by atoms with Crippen molar-refractivity contribution in [3.63, 3.8) is 0 Å². The minimum atomic E-state index is 0.186. The summed E-state index contributed by atoms with van der Waals surface area (Å²) in [5.74, 6) is 1.15. The molecule has 1 aromatic rings. The van der Waals surface area contributed by atoms with Crippen LogP contribution in [0.4, 0.5) is 0 Å². The summed E-state index contributed by atoms with van der Waals surface area (Å²) in [5.41, 5.74) is 2.37. The average Bonchev–Trinajstić information content (AvgIpc) is 2.52. The van der Waals surface area contributed by atoms with Crippen molar-refractivity contribution in [2.45, 2.75) is 52.0 Å². The van der Waals surface area contributed by atoms with Crippen molar-refractivity contribution >= 4 is 5.91 Å². The molecule has 4 nitrogen and oxygen atoms in total. The minimum absolute atomic E-state index is 0.186. The molecule has 0 bridgehead atoms. The van der Waals surface area contributed by atoms with Crippen molar-refractivity contribution in [2.24, 2.45) is 0 Å². The first kappa shape index (κ1) is 17.8. The fourth-order valence-corrected chi connectivity index (χ4v) is 2.89. The van der Waals surface area contributed by atoms with Crippen LogP contribution in [0.15, 0.2) is 18.2 Å². The molecular weight excluding hydrogens is 288 g/mol. The van der Waals surface area contributed by atoms with Gasteiger partial charge < -0.3 is 15.0 Å². The van der Waals surface area contributed by atoms with Gasteiger partial charge in [-0.3, -0.25) is 4.79 Å². The monoisotopic (exact) mass is 318 g/mol. The third-order valence-electron chi connectivity index (χ3n) is 4.48. The van der Waals surface area contributed by atoms with E-state index < -0.39 is 0 Å². The number of hydrogen-bond acceptors (Lipinski definition) is 3. The molecule has 1 aromatic carbocycles. The number of nitrogens with zero attached hydrogens (tertiary/aromatic N) is 1. The maximum atomic E-state index is 12.0. The molecule has 23 heavy (non-hydrogen) atoms. The largest absolute Gasteiger partial charge is 0.493 e. The highest BCUT2D eigenvalue weighted by atomic mass is 16.5. The number of carbonyl (C=O) groups excluding carboxylic acids is 1. The number of hydrogen-bond donors (Lipinski definition) is 1. The maximum absolute atomic E-state index is 12.0. The predicted octanol–water partition coefficient (Wildman–Crippen LogP) is 3.06. The third-order valence-corrected chi connectivity index (χ3v) is 4.48. The molecule has 1 amide bonds. The Morgan fingerprint density at radius 1 is 1.26 bits per heavy atom. The molecule has 0 aromatic heterocycles. The standard InChI is InChI=1S/C19H30N2O2/c1-15-7-8-16(2)18(14-15)23-13-5-4-6-19(22)20-17-9-11-21(3)12-10-17/h7-8,14,17H,4-6,9-13H2,1-3H3,(H,20,22). The lowest BCUT2D eigenvalue weighted by Gasteiger charge is -2.29. The third kappa shape index (κ3) is 6.22. The smallest absolute Gasteiger partial charge is 0.220 e. The van der Waals surface area contributed by atoms with Crippen LogP contribution in [0.3, 0.4) is 0 Å². The summed E-state index contributed by atoms with van der Waals surface area (Å²) in [5, 5.41) is 3.16. The van der Waals surface area contributed by atoms with Crippen LogP contribution in [0.2, 0.25) is 0 Å². The molecule has 4 heteroatoms. The highest BCUT2D eigenvalue weighted by Gasteiger charge is 2.17. The number of ether oxygens (including phenoxy) is 1. The lowest BCUT2D eigenvalue weighted by Crippen LogP contribution is -2.43. The molecule has 0 spiro atoms. The predicted molar refractivity (Wildman–Crippen MR) is 93.9 cm³/mol. The molecule has 1 fully saturated rings. The van der Waals surface area contributed by atoms with Crippen LogP contribution in [-0.2, 0) is 4.79 Å². The van der Waals surface area contributed by atoms with E-state index in [-0.39, 0.29) is 5.91 Å². The molecule has 0 saturated carbocycles. The minimum Gasteiger partial charge on any atom is -0.493 e. The first-order valence-electron chi connectivity index (χ1n) is 8.72. The van der Waals surface area contributed by atoms with Crippen LogP contribution in [0, 0.1) is 13.8 Å². The Hall–Kier alpha value is -1.55. The van der Waals surface area contributed by atoms with Crippen LogP contribution in [0.25, 0.3) is 0 Å². The first-order chi connectivity index (χ1) is 11.0. The normalized spacial score (nSPS) is 16.3. The molecule has 0 atom stereocenters. The van der Waals surface area contributed by atoms with Gasteiger partial charge in [0.1, 0.15) is 5.75 Å². The van der Waals surface area contributed by atoms with Gasteiger partial charge in [-0.15, -0.1) is 0 Å². The zero-order valence-electron chi connectivity index (χ0n) is 14.7. The van der Waals surface area contributed by atoms with E-state index in [4.69, 9.17) is 4.74 Å². The van der Waals surface area contributed by atoms with Crippen LogP contribution >= 0.6 is 0 Å². The summed E-state index contributed by atoms with van der Waals surface area (Å²) in [4.78, 5) is 14.3. The number of likely N-dealkylation sites (tertiary alicyclic amines) is 1. The van der Waals surface area contributed by atoms with E-state index in [1.807, 2.05) is 0 Å². The maximum Gasteiger partial charge on any atom is 0.220 e. The fraction of sp³-hybridized carbons (Fsp3) is 0.632. The number of rotatable bonds is 7. The molecule has 1 saturated heterocycles. The fourth-order valence-electron chi connectivity index (χ4n) is 2.89. The van der Waals surface area contributed by atoms with E-state index >= 15 is 0 Å². The number of carbonyl (C=O) groups is 1. The van der Waals surface area contributed by atoms with Crippen LogP contribution in [0.1, 0.15) is 43.2 Å². The molecule has 1 heterocycles. The van der Waals surface area contributed by atoms with Crippen molar-refractivity contribution in [1.29, 1.82) is 0 Å². The number of nitrogens with one attached hydrogen (secondary N) is 1. The second-order valence-electron chi connectivity index (χ2n) is 6.72. The van der Waals surface area contributed by atoms with Gasteiger partial charge >= 0.3 is 0 Å². The van der Waals surface area contributed by atoms with E-state index in [2.05, 4.69) is 49.3 Å². The van der Waals surface area contributed by atoms with Crippen LogP contribution < -0.4 is 10.1 Å². The van der Waals surface area contributed by atoms with Crippen LogP contribution in [-0.4, -0.2) is 43.6 Å². The van der Waals surface area contributed by atoms with Gasteiger partial charge in [-0.05, 0) is 76.9 Å². The molecular formula is C19H30N2O2. The highest BCUT2D eigenvalue weighted by molar-refractivity contribution is 5.76. The summed E-state index contributed by atoms with van der Waals surface area (Å²) in [7, 11) is 2.13. The van der Waals surface area contributed by atoms with E-state index in [1.54, 1.807) is 0 Å². The summed E-state index contributed by atoms with van der Waals surface area (Å²) in [6.07, 6.45) is 4.52. The molecule has 1 N–H and O–H groups in total. The Bertz CT molecular complexity index is 508. The van der Waals surface area contributed by atoms with Gasteiger partial charge in [-0.2, -0.15) is 0 Å². The summed E-state index contributed by atoms with van der Waals surface area (Å²) in [6, 6.07) is 6.61. The number of piperidine rings is 1. The Balaban J connectivity index is 1.58. The first-order valence-corrected chi connectivity index (χ1v) is 8.72. The van der Waals surface area contributed by atoms with E-state index in [1.165, 1.54) is 5.56 Å². The van der Waals surface area contributed by atoms with Crippen molar-refractivity contribution in [3.8, 4) is 5.75 Å². The van der Waals surface area contributed by atoms with Gasteiger partial charge in [0.05, 0.1) is 6.61 Å².